The van der Waals surface area contributed by atoms with Crippen LogP contribution in [0.1, 0.15) is 26.2 Å². The van der Waals surface area contributed by atoms with E-state index in [4.69, 9.17) is 6.58 Å². The summed E-state index contributed by atoms with van der Waals surface area (Å²) in [4.78, 5) is 10.4. The summed E-state index contributed by atoms with van der Waals surface area (Å²) < 4.78 is 0. The summed E-state index contributed by atoms with van der Waals surface area (Å²) >= 11 is 0. The van der Waals surface area contributed by atoms with Crippen LogP contribution in [-0.4, -0.2) is 5.78 Å². The smallest absolute Gasteiger partial charge is 0.155 e. The fourth-order valence-electron chi connectivity index (χ4n) is 0.434. The summed E-state index contributed by atoms with van der Waals surface area (Å²) in [6.45, 7) is 6.98. The molecule has 0 saturated heterocycles. The molecule has 0 aliphatic rings. The van der Waals surface area contributed by atoms with E-state index in [9.17, 15) is 4.79 Å². The minimum atomic E-state index is 0.0480. The number of carbonyl (C=O) groups excluding carboxylic acids is 1. The van der Waals surface area contributed by atoms with Crippen LogP contribution in [-0.2, 0) is 4.79 Å². The van der Waals surface area contributed by atoms with E-state index in [2.05, 4.69) is 0 Å². The molecule has 0 heterocycles. The molecule has 0 rings (SSSR count). The Labute approximate surface area is 50.4 Å². The average Bonchev–Trinajstić information content (AvgIpc) is 1.83. The van der Waals surface area contributed by atoms with Crippen LogP contribution < -0.4 is 0 Å². The van der Waals surface area contributed by atoms with Crippen molar-refractivity contribution in [2.45, 2.75) is 26.2 Å². The first kappa shape index (κ1) is 7.41. The number of allylic oxidation sites excluding steroid dienone is 1. The van der Waals surface area contributed by atoms with Crippen LogP contribution in [0.3, 0.4) is 0 Å². The van der Waals surface area contributed by atoms with Gasteiger partial charge in [-0.05, 0) is 12.5 Å². The molecule has 8 heavy (non-hydrogen) atoms. The number of unbranched alkanes of at least 4 members (excludes halogenated alkanes) is 1. The van der Waals surface area contributed by atoms with Crippen LogP contribution >= 0.6 is 0 Å². The summed E-state index contributed by atoms with van der Waals surface area (Å²) in [5, 5.41) is 0. The highest BCUT2D eigenvalue weighted by Crippen LogP contribution is 1.94. The zero-order chi connectivity index (χ0) is 6.41. The molecule has 1 nitrogen and oxygen atoms in total. The van der Waals surface area contributed by atoms with Gasteiger partial charge in [-0.1, -0.05) is 19.9 Å². The Morgan fingerprint density at radius 1 is 1.75 bits per heavy atom. The third-order valence-corrected chi connectivity index (χ3v) is 0.963. The lowest BCUT2D eigenvalue weighted by Crippen LogP contribution is -1.89. The highest BCUT2D eigenvalue weighted by atomic mass is 16.1. The van der Waals surface area contributed by atoms with E-state index in [1.54, 1.807) is 0 Å². The Morgan fingerprint density at radius 2 is 2.38 bits per heavy atom. The van der Waals surface area contributed by atoms with Gasteiger partial charge in [-0.15, -0.1) is 0 Å². The summed E-state index contributed by atoms with van der Waals surface area (Å²) in [6, 6.07) is 0. The maximum atomic E-state index is 10.4. The van der Waals surface area contributed by atoms with Crippen molar-refractivity contribution in [1.82, 2.24) is 0 Å². The van der Waals surface area contributed by atoms with Gasteiger partial charge in [0.05, 0.1) is 0 Å². The minimum absolute atomic E-state index is 0.0480. The maximum Gasteiger partial charge on any atom is 0.155 e. The molecule has 0 saturated carbocycles. The van der Waals surface area contributed by atoms with E-state index in [0.717, 1.165) is 18.9 Å². The average molecular weight is 111 g/mol. The van der Waals surface area contributed by atoms with Crippen LogP contribution in [0.2, 0.25) is 0 Å². The zero-order valence-electron chi connectivity index (χ0n) is 5.18. The molecule has 0 aromatic heterocycles. The number of ketones is 1. The second-order valence-electron chi connectivity index (χ2n) is 1.74. The number of carbonyl (C=O) groups is 1. The first-order chi connectivity index (χ1) is 3.81. The third-order valence-electron chi connectivity index (χ3n) is 0.963. The van der Waals surface area contributed by atoms with Crippen LogP contribution in [0, 0.1) is 6.58 Å². The van der Waals surface area contributed by atoms with E-state index >= 15 is 0 Å². The molecule has 0 aromatic carbocycles. The molecule has 0 aromatic rings. The molecule has 0 unspecified atom stereocenters. The highest BCUT2D eigenvalue weighted by molar-refractivity contribution is 5.88. The zero-order valence-corrected chi connectivity index (χ0v) is 5.18. The standard InChI is InChI=1S/C7H11O/c1-3-5-6-7(8)4-2/h2,4H,3,5-6H2,1H3. The molecule has 0 bridgehead atoms. The SMILES string of the molecule is [CH]=CC(=O)CCCC. The summed E-state index contributed by atoms with van der Waals surface area (Å²) in [5.41, 5.74) is 0. The Morgan fingerprint density at radius 3 is 2.75 bits per heavy atom. The number of rotatable bonds is 4. The summed E-state index contributed by atoms with van der Waals surface area (Å²) in [7, 11) is 0. The first-order valence-corrected chi connectivity index (χ1v) is 2.89. The molecule has 0 N–H and O–H groups in total. The van der Waals surface area contributed by atoms with Gasteiger partial charge in [0.25, 0.3) is 0 Å². The highest BCUT2D eigenvalue weighted by Gasteiger charge is 1.90. The lowest BCUT2D eigenvalue weighted by molar-refractivity contribution is -0.114. The molecular formula is C7H11O. The van der Waals surface area contributed by atoms with Gasteiger partial charge >= 0.3 is 0 Å². The molecule has 0 fully saturated rings. The summed E-state index contributed by atoms with van der Waals surface area (Å²) in [6.07, 6.45) is 3.74. The predicted molar refractivity (Wildman–Crippen MR) is 33.4 cm³/mol. The largest absolute Gasteiger partial charge is 0.295 e. The van der Waals surface area contributed by atoms with E-state index in [1.165, 1.54) is 0 Å². The van der Waals surface area contributed by atoms with Crippen molar-refractivity contribution in [3.63, 3.8) is 0 Å². The van der Waals surface area contributed by atoms with E-state index in [0.29, 0.717) is 6.42 Å². The van der Waals surface area contributed by atoms with E-state index < -0.39 is 0 Å². The fourth-order valence-corrected chi connectivity index (χ4v) is 0.434. The molecule has 0 amide bonds. The second kappa shape index (κ2) is 4.57. The maximum absolute atomic E-state index is 10.4. The van der Waals surface area contributed by atoms with Crippen molar-refractivity contribution in [3.05, 3.63) is 12.7 Å². The Balaban J connectivity index is 3.11. The fraction of sp³-hybridized carbons (Fsp3) is 0.571. The number of hydrogen-bond donors (Lipinski definition) is 0. The van der Waals surface area contributed by atoms with E-state index in [-0.39, 0.29) is 5.78 Å². The van der Waals surface area contributed by atoms with Gasteiger partial charge < -0.3 is 0 Å². The lowest BCUT2D eigenvalue weighted by atomic mass is 10.2. The topological polar surface area (TPSA) is 17.1 Å². The van der Waals surface area contributed by atoms with Gasteiger partial charge in [-0.2, -0.15) is 0 Å². The van der Waals surface area contributed by atoms with Crippen LogP contribution in [0.5, 0.6) is 0 Å². The normalized spacial score (nSPS) is 8.62. The van der Waals surface area contributed by atoms with Gasteiger partial charge in [0.2, 0.25) is 0 Å². The van der Waals surface area contributed by atoms with Gasteiger partial charge in [-0.25, -0.2) is 0 Å². The number of hydrogen-bond acceptors (Lipinski definition) is 1. The molecule has 1 radical (unpaired) electrons. The van der Waals surface area contributed by atoms with Crippen LogP contribution in [0.15, 0.2) is 6.08 Å². The Bertz CT molecular complexity index is 84.4. The Kier molecular flexibility index (Phi) is 4.23. The molecule has 0 aliphatic heterocycles. The molecule has 1 heteroatoms. The van der Waals surface area contributed by atoms with Gasteiger partial charge in [0.1, 0.15) is 0 Å². The van der Waals surface area contributed by atoms with Crippen molar-refractivity contribution in [2.24, 2.45) is 0 Å². The van der Waals surface area contributed by atoms with Gasteiger partial charge in [-0.3, -0.25) is 4.79 Å². The predicted octanol–water partition coefficient (Wildman–Crippen LogP) is 1.73. The molecule has 0 aliphatic carbocycles. The first-order valence-electron chi connectivity index (χ1n) is 2.89. The monoisotopic (exact) mass is 111 g/mol. The minimum Gasteiger partial charge on any atom is -0.295 e. The lowest BCUT2D eigenvalue weighted by Gasteiger charge is -1.87. The van der Waals surface area contributed by atoms with Crippen molar-refractivity contribution in [1.29, 1.82) is 0 Å². The van der Waals surface area contributed by atoms with Crippen molar-refractivity contribution in [2.75, 3.05) is 0 Å². The Hall–Kier alpha value is -0.590. The second-order valence-corrected chi connectivity index (χ2v) is 1.74. The quantitative estimate of drug-likeness (QED) is 0.505. The van der Waals surface area contributed by atoms with Gasteiger partial charge in [0, 0.05) is 6.42 Å². The van der Waals surface area contributed by atoms with E-state index in [1.807, 2.05) is 6.92 Å². The van der Waals surface area contributed by atoms with Crippen LogP contribution in [0.25, 0.3) is 0 Å². The van der Waals surface area contributed by atoms with Crippen LogP contribution in [0.4, 0.5) is 0 Å². The molecule has 0 spiro atoms. The summed E-state index contributed by atoms with van der Waals surface area (Å²) in [5.74, 6) is 0.0480. The van der Waals surface area contributed by atoms with Crippen molar-refractivity contribution < 1.29 is 4.79 Å². The third kappa shape index (κ3) is 3.59. The molecule has 45 valence electrons. The molecule has 0 atom stereocenters. The van der Waals surface area contributed by atoms with Crippen molar-refractivity contribution in [3.8, 4) is 0 Å². The molecular weight excluding hydrogens is 100 g/mol. The van der Waals surface area contributed by atoms with Gasteiger partial charge in [0.15, 0.2) is 5.78 Å². The van der Waals surface area contributed by atoms with Crippen molar-refractivity contribution >= 4 is 5.78 Å².